The van der Waals surface area contributed by atoms with E-state index in [-0.39, 0.29) is 12.3 Å². The number of hydrogen-bond acceptors (Lipinski definition) is 4. The topological polar surface area (TPSA) is 66.8 Å². The molecule has 1 unspecified atom stereocenters. The highest BCUT2D eigenvalue weighted by atomic mass is 35.5. The van der Waals surface area contributed by atoms with Crippen molar-refractivity contribution in [3.8, 4) is 0 Å². The summed E-state index contributed by atoms with van der Waals surface area (Å²) in [6.07, 6.45) is -0.187. The first-order chi connectivity index (χ1) is 9.04. The summed E-state index contributed by atoms with van der Waals surface area (Å²) in [5, 5.41) is 8.73. The fourth-order valence-electron chi connectivity index (χ4n) is 1.97. The van der Waals surface area contributed by atoms with E-state index in [4.69, 9.17) is 21.4 Å². The Bertz CT molecular complexity index is 476. The summed E-state index contributed by atoms with van der Waals surface area (Å²) in [4.78, 5) is 25.3. The quantitative estimate of drug-likeness (QED) is 0.918. The number of carboxylic acid groups (broad SMARTS) is 1. The van der Waals surface area contributed by atoms with Crippen LogP contribution in [0.3, 0.4) is 0 Å². The van der Waals surface area contributed by atoms with Gasteiger partial charge in [-0.1, -0.05) is 11.6 Å². The van der Waals surface area contributed by atoms with Gasteiger partial charge >= 0.3 is 5.97 Å². The lowest BCUT2D eigenvalue weighted by molar-refractivity contribution is -0.147. The molecule has 2 heterocycles. The molecule has 0 aliphatic carbocycles. The van der Waals surface area contributed by atoms with Gasteiger partial charge in [-0.15, -0.1) is 11.3 Å². The number of thiophene rings is 1. The van der Waals surface area contributed by atoms with Gasteiger partial charge in [0.15, 0.2) is 0 Å². The predicted molar refractivity (Wildman–Crippen MR) is 71.6 cm³/mol. The highest BCUT2D eigenvalue weighted by Gasteiger charge is 2.26. The third-order valence-corrected chi connectivity index (χ3v) is 4.08. The van der Waals surface area contributed by atoms with E-state index >= 15 is 0 Å². The molecule has 19 heavy (non-hydrogen) atoms. The fraction of sp³-hybridized carbons (Fsp3) is 0.500. The molecular weight excluding hydrogens is 290 g/mol. The summed E-state index contributed by atoms with van der Waals surface area (Å²) in [5.41, 5.74) is 0. The molecule has 1 N–H and O–H groups in total. The van der Waals surface area contributed by atoms with E-state index < -0.39 is 12.1 Å². The van der Waals surface area contributed by atoms with Crippen molar-refractivity contribution >= 4 is 34.8 Å². The molecule has 0 spiro atoms. The minimum atomic E-state index is -0.913. The molecule has 0 saturated carbocycles. The molecule has 1 aromatic heterocycles. The first-order valence-corrected chi connectivity index (χ1v) is 7.09. The maximum absolute atomic E-state index is 12.1. The van der Waals surface area contributed by atoms with Gasteiger partial charge in [-0.3, -0.25) is 9.59 Å². The van der Waals surface area contributed by atoms with Crippen molar-refractivity contribution < 1.29 is 19.4 Å². The maximum atomic E-state index is 12.1. The molecule has 1 amide bonds. The van der Waals surface area contributed by atoms with E-state index in [1.54, 1.807) is 11.0 Å². The van der Waals surface area contributed by atoms with E-state index in [0.29, 0.717) is 30.5 Å². The van der Waals surface area contributed by atoms with Crippen LogP contribution in [-0.4, -0.2) is 47.7 Å². The molecule has 1 aromatic rings. The third kappa shape index (κ3) is 4.19. The second-order valence-corrected chi connectivity index (χ2v) is 6.11. The van der Waals surface area contributed by atoms with E-state index in [1.165, 1.54) is 11.3 Å². The van der Waals surface area contributed by atoms with Crippen LogP contribution in [0.4, 0.5) is 0 Å². The van der Waals surface area contributed by atoms with Crippen molar-refractivity contribution in [2.75, 3.05) is 19.7 Å². The smallest absolute Gasteiger partial charge is 0.306 e. The lowest BCUT2D eigenvalue weighted by Crippen LogP contribution is -2.46. The van der Waals surface area contributed by atoms with Crippen LogP contribution in [0.2, 0.25) is 4.34 Å². The molecule has 0 aromatic carbocycles. The predicted octanol–water partition coefficient (Wildman–Crippen LogP) is 1.65. The van der Waals surface area contributed by atoms with Crippen LogP contribution in [0.25, 0.3) is 0 Å². The number of rotatable bonds is 4. The Kier molecular flexibility index (Phi) is 4.79. The second-order valence-electron chi connectivity index (χ2n) is 4.31. The number of ether oxygens (including phenoxy) is 1. The number of aliphatic carboxylic acids is 1. The Morgan fingerprint density at radius 2 is 2.32 bits per heavy atom. The van der Waals surface area contributed by atoms with Crippen LogP contribution < -0.4 is 0 Å². The fourth-order valence-corrected chi connectivity index (χ4v) is 3.05. The van der Waals surface area contributed by atoms with Crippen molar-refractivity contribution in [1.29, 1.82) is 0 Å². The number of carbonyl (C=O) groups excluding carboxylic acids is 1. The Morgan fingerprint density at radius 3 is 2.95 bits per heavy atom. The molecular formula is C12H14ClNO4S. The molecule has 2 rings (SSSR count). The first-order valence-electron chi connectivity index (χ1n) is 5.90. The van der Waals surface area contributed by atoms with E-state index in [9.17, 15) is 9.59 Å². The minimum Gasteiger partial charge on any atom is -0.481 e. The van der Waals surface area contributed by atoms with Gasteiger partial charge in [-0.05, 0) is 12.1 Å². The van der Waals surface area contributed by atoms with Crippen molar-refractivity contribution in [3.05, 3.63) is 21.3 Å². The second kappa shape index (κ2) is 6.36. The normalized spacial score (nSPS) is 19.4. The summed E-state index contributed by atoms with van der Waals surface area (Å²) in [6, 6.07) is 3.60. The largest absolute Gasteiger partial charge is 0.481 e. The number of carbonyl (C=O) groups is 2. The molecule has 7 heteroatoms. The third-order valence-electron chi connectivity index (χ3n) is 2.85. The van der Waals surface area contributed by atoms with Gasteiger partial charge in [0.1, 0.15) is 0 Å². The van der Waals surface area contributed by atoms with Gasteiger partial charge in [-0.2, -0.15) is 0 Å². The van der Waals surface area contributed by atoms with Gasteiger partial charge in [0.2, 0.25) is 5.91 Å². The summed E-state index contributed by atoms with van der Waals surface area (Å²) in [6.45, 7) is 1.23. The van der Waals surface area contributed by atoms with Gasteiger partial charge in [0, 0.05) is 18.0 Å². The van der Waals surface area contributed by atoms with E-state index in [2.05, 4.69) is 0 Å². The SMILES string of the molecule is O=C(O)CC1CN(C(=O)Cc2ccc(Cl)s2)CCO1. The van der Waals surface area contributed by atoms with Gasteiger partial charge in [-0.25, -0.2) is 0 Å². The highest BCUT2D eigenvalue weighted by molar-refractivity contribution is 7.16. The Balaban J connectivity index is 1.89. The van der Waals surface area contributed by atoms with Crippen LogP contribution in [0.1, 0.15) is 11.3 Å². The molecule has 1 saturated heterocycles. The average molecular weight is 304 g/mol. The number of hydrogen-bond donors (Lipinski definition) is 1. The molecule has 1 fully saturated rings. The van der Waals surface area contributed by atoms with Crippen LogP contribution in [0, 0.1) is 0 Å². The zero-order valence-electron chi connectivity index (χ0n) is 10.2. The molecule has 0 bridgehead atoms. The summed E-state index contributed by atoms with van der Waals surface area (Å²) < 4.78 is 5.99. The Labute approximate surface area is 119 Å². The number of halogens is 1. The number of carboxylic acids is 1. The van der Waals surface area contributed by atoms with Gasteiger partial charge in [0.05, 0.1) is 29.9 Å². The lowest BCUT2D eigenvalue weighted by Gasteiger charge is -2.32. The standard InChI is InChI=1S/C12H14ClNO4S/c13-10-2-1-9(19-10)6-11(15)14-3-4-18-8(7-14)5-12(16)17/h1-2,8H,3-7H2,(H,16,17). The first kappa shape index (κ1) is 14.3. The van der Waals surface area contributed by atoms with E-state index in [1.807, 2.05) is 6.07 Å². The molecule has 1 aliphatic rings. The molecule has 1 aliphatic heterocycles. The van der Waals surface area contributed by atoms with Crippen molar-refractivity contribution in [1.82, 2.24) is 4.90 Å². The highest BCUT2D eigenvalue weighted by Crippen LogP contribution is 2.22. The van der Waals surface area contributed by atoms with Crippen molar-refractivity contribution in [3.63, 3.8) is 0 Å². The van der Waals surface area contributed by atoms with Crippen LogP contribution in [0.15, 0.2) is 12.1 Å². The van der Waals surface area contributed by atoms with Crippen LogP contribution in [0.5, 0.6) is 0 Å². The maximum Gasteiger partial charge on any atom is 0.306 e. The number of nitrogens with zero attached hydrogens (tertiary/aromatic N) is 1. The monoisotopic (exact) mass is 303 g/mol. The zero-order valence-corrected chi connectivity index (χ0v) is 11.7. The molecule has 5 nitrogen and oxygen atoms in total. The lowest BCUT2D eigenvalue weighted by atomic mass is 10.2. The van der Waals surface area contributed by atoms with Crippen LogP contribution >= 0.6 is 22.9 Å². The zero-order chi connectivity index (χ0) is 13.8. The van der Waals surface area contributed by atoms with Crippen LogP contribution in [-0.2, 0) is 20.7 Å². The number of amides is 1. The molecule has 1 atom stereocenters. The average Bonchev–Trinajstić information content (AvgIpc) is 2.74. The van der Waals surface area contributed by atoms with Gasteiger partial charge < -0.3 is 14.7 Å². The summed E-state index contributed by atoms with van der Waals surface area (Å²) in [5.74, 6) is -0.929. The Hall–Kier alpha value is -1.11. The number of morpholine rings is 1. The van der Waals surface area contributed by atoms with Crippen molar-refractivity contribution in [2.45, 2.75) is 18.9 Å². The summed E-state index contributed by atoms with van der Waals surface area (Å²) >= 11 is 7.20. The molecule has 104 valence electrons. The van der Waals surface area contributed by atoms with Crippen molar-refractivity contribution in [2.24, 2.45) is 0 Å². The van der Waals surface area contributed by atoms with Gasteiger partial charge in [0.25, 0.3) is 0 Å². The van der Waals surface area contributed by atoms with E-state index in [0.717, 1.165) is 4.88 Å². The Morgan fingerprint density at radius 1 is 1.53 bits per heavy atom. The summed E-state index contributed by atoms with van der Waals surface area (Å²) in [7, 11) is 0. The molecule has 0 radical (unpaired) electrons. The minimum absolute atomic E-state index is 0.0165.